The van der Waals surface area contributed by atoms with Gasteiger partial charge in [0, 0.05) is 19.0 Å². The molecule has 0 saturated carbocycles. The van der Waals surface area contributed by atoms with Crippen LogP contribution in [0, 0.1) is 0 Å². The van der Waals surface area contributed by atoms with Gasteiger partial charge in [0.05, 0.1) is 11.1 Å². The van der Waals surface area contributed by atoms with E-state index in [4.69, 9.17) is 9.47 Å². The van der Waals surface area contributed by atoms with Crippen molar-refractivity contribution in [3.05, 3.63) is 95.1 Å². The molecule has 0 aromatic heterocycles. The fraction of sp³-hybridized carbons (Fsp3) is 0.125. The average Bonchev–Trinajstić information content (AvgIpc) is 2.75. The van der Waals surface area contributed by atoms with Crippen LogP contribution in [0.4, 0.5) is 5.69 Å². The third-order valence-electron chi connectivity index (χ3n) is 4.77. The van der Waals surface area contributed by atoms with Crippen LogP contribution >= 0.6 is 0 Å². The van der Waals surface area contributed by atoms with Crippen LogP contribution in [0.2, 0.25) is 0 Å². The predicted octanol–water partition coefficient (Wildman–Crippen LogP) is 4.32. The zero-order valence-electron chi connectivity index (χ0n) is 16.3. The van der Waals surface area contributed by atoms with Crippen LogP contribution in [-0.4, -0.2) is 17.8 Å². The summed E-state index contributed by atoms with van der Waals surface area (Å²) in [5, 5.41) is 2.65. The van der Waals surface area contributed by atoms with E-state index in [-0.39, 0.29) is 5.91 Å². The quantitative estimate of drug-likeness (QED) is 0.520. The SMILES string of the molecule is CC(=O)Nc1ccc(OC(=O)c2ccc3c(c2)C[C@@H](c2ccccc2)OC3=O)cc1. The lowest BCUT2D eigenvalue weighted by Gasteiger charge is -2.25. The lowest BCUT2D eigenvalue weighted by atomic mass is 9.93. The Kier molecular flexibility index (Phi) is 5.30. The van der Waals surface area contributed by atoms with Gasteiger partial charge in [0.1, 0.15) is 11.9 Å². The summed E-state index contributed by atoms with van der Waals surface area (Å²) in [5.74, 6) is -0.756. The predicted molar refractivity (Wildman–Crippen MR) is 110 cm³/mol. The van der Waals surface area contributed by atoms with Crippen LogP contribution < -0.4 is 10.1 Å². The second-order valence-corrected chi connectivity index (χ2v) is 6.98. The van der Waals surface area contributed by atoms with Gasteiger partial charge >= 0.3 is 11.9 Å². The van der Waals surface area contributed by atoms with Crippen LogP contribution in [0.3, 0.4) is 0 Å². The van der Waals surface area contributed by atoms with Crippen molar-refractivity contribution in [2.75, 3.05) is 5.32 Å². The number of carbonyl (C=O) groups excluding carboxylic acids is 3. The summed E-state index contributed by atoms with van der Waals surface area (Å²) in [5.41, 5.74) is 3.07. The normalized spacial score (nSPS) is 15.0. The topological polar surface area (TPSA) is 81.7 Å². The lowest BCUT2D eigenvalue weighted by molar-refractivity contribution is -0.114. The first-order valence-electron chi connectivity index (χ1n) is 9.48. The van der Waals surface area contributed by atoms with Gasteiger partial charge in [-0.25, -0.2) is 9.59 Å². The minimum atomic E-state index is -0.528. The first kappa shape index (κ1) is 19.4. The largest absolute Gasteiger partial charge is 0.454 e. The van der Waals surface area contributed by atoms with E-state index in [9.17, 15) is 14.4 Å². The number of hydrogen-bond acceptors (Lipinski definition) is 5. The molecular weight excluding hydrogens is 382 g/mol. The maximum absolute atomic E-state index is 12.6. The number of benzene rings is 3. The molecular formula is C24H19NO5. The van der Waals surface area contributed by atoms with E-state index in [1.54, 1.807) is 42.5 Å². The molecule has 150 valence electrons. The molecule has 0 spiro atoms. The molecule has 6 heteroatoms. The zero-order valence-corrected chi connectivity index (χ0v) is 16.3. The molecule has 0 saturated heterocycles. The molecule has 6 nitrogen and oxygen atoms in total. The van der Waals surface area contributed by atoms with Crippen LogP contribution in [-0.2, 0) is 16.0 Å². The van der Waals surface area contributed by atoms with E-state index in [2.05, 4.69) is 5.32 Å². The maximum atomic E-state index is 12.6. The standard InChI is InChI=1S/C24H19NO5/c1-15(26)25-19-8-10-20(11-9-19)29-23(27)17-7-12-21-18(13-17)14-22(30-24(21)28)16-5-3-2-4-6-16/h2-13,22H,14H2,1H3,(H,25,26)/t22-/m0/s1. The zero-order chi connectivity index (χ0) is 21.1. The highest BCUT2D eigenvalue weighted by molar-refractivity contribution is 5.96. The van der Waals surface area contributed by atoms with E-state index < -0.39 is 18.0 Å². The summed E-state index contributed by atoms with van der Waals surface area (Å²) in [4.78, 5) is 36.1. The van der Waals surface area contributed by atoms with E-state index in [0.29, 0.717) is 29.0 Å². The van der Waals surface area contributed by atoms with Crippen molar-refractivity contribution < 1.29 is 23.9 Å². The minimum absolute atomic E-state index is 0.180. The summed E-state index contributed by atoms with van der Waals surface area (Å²) in [7, 11) is 0. The molecule has 3 aromatic carbocycles. The van der Waals surface area contributed by atoms with Crippen molar-refractivity contribution in [3.8, 4) is 5.75 Å². The number of anilines is 1. The molecule has 0 aliphatic carbocycles. The molecule has 3 aromatic rings. The van der Waals surface area contributed by atoms with Crippen molar-refractivity contribution in [2.45, 2.75) is 19.4 Å². The van der Waals surface area contributed by atoms with E-state index >= 15 is 0 Å². The summed E-state index contributed by atoms with van der Waals surface area (Å²) >= 11 is 0. The summed E-state index contributed by atoms with van der Waals surface area (Å²) in [6, 6.07) is 20.8. The molecule has 1 amide bonds. The molecule has 1 aliphatic rings. The van der Waals surface area contributed by atoms with Crippen LogP contribution in [0.15, 0.2) is 72.8 Å². The summed E-state index contributed by atoms with van der Waals surface area (Å²) < 4.78 is 11.0. The van der Waals surface area contributed by atoms with Gasteiger partial charge in [-0.3, -0.25) is 4.79 Å². The number of fused-ring (bicyclic) bond motifs is 1. The highest BCUT2D eigenvalue weighted by Crippen LogP contribution is 2.31. The Hall–Kier alpha value is -3.93. The van der Waals surface area contributed by atoms with E-state index in [1.165, 1.54) is 6.92 Å². The Balaban J connectivity index is 1.51. The van der Waals surface area contributed by atoms with Gasteiger partial charge in [0.15, 0.2) is 0 Å². The number of ether oxygens (including phenoxy) is 2. The highest BCUT2D eigenvalue weighted by atomic mass is 16.5. The molecule has 1 heterocycles. The lowest BCUT2D eigenvalue weighted by Crippen LogP contribution is -2.22. The second kappa shape index (κ2) is 8.21. The number of amides is 1. The number of nitrogens with one attached hydrogen (secondary N) is 1. The van der Waals surface area contributed by atoms with Gasteiger partial charge in [0.25, 0.3) is 0 Å². The maximum Gasteiger partial charge on any atom is 0.343 e. The minimum Gasteiger partial charge on any atom is -0.454 e. The first-order valence-corrected chi connectivity index (χ1v) is 9.48. The number of hydrogen-bond donors (Lipinski definition) is 1. The van der Waals surface area contributed by atoms with Crippen LogP contribution in [0.1, 0.15) is 44.9 Å². The Bertz CT molecular complexity index is 1110. The molecule has 30 heavy (non-hydrogen) atoms. The summed E-state index contributed by atoms with van der Waals surface area (Å²) in [6.45, 7) is 1.42. The van der Waals surface area contributed by atoms with Gasteiger partial charge in [-0.1, -0.05) is 30.3 Å². The van der Waals surface area contributed by atoms with Crippen molar-refractivity contribution >= 4 is 23.5 Å². The molecule has 0 radical (unpaired) electrons. The van der Waals surface area contributed by atoms with Gasteiger partial charge in [-0.15, -0.1) is 0 Å². The van der Waals surface area contributed by atoms with Gasteiger partial charge in [-0.05, 0) is 53.6 Å². The molecule has 4 rings (SSSR count). The van der Waals surface area contributed by atoms with Crippen molar-refractivity contribution in [3.63, 3.8) is 0 Å². The Morgan fingerprint density at radius 1 is 1.00 bits per heavy atom. The molecule has 1 N–H and O–H groups in total. The summed E-state index contributed by atoms with van der Waals surface area (Å²) in [6.07, 6.45) is 0.0937. The average molecular weight is 401 g/mol. The third kappa shape index (κ3) is 4.22. The number of rotatable bonds is 4. The Morgan fingerprint density at radius 3 is 2.43 bits per heavy atom. The van der Waals surface area contributed by atoms with Gasteiger partial charge < -0.3 is 14.8 Å². The second-order valence-electron chi connectivity index (χ2n) is 6.98. The molecule has 0 bridgehead atoms. The number of cyclic esters (lactones) is 1. The molecule has 1 aliphatic heterocycles. The van der Waals surface area contributed by atoms with Crippen LogP contribution in [0.5, 0.6) is 5.75 Å². The monoisotopic (exact) mass is 401 g/mol. The van der Waals surface area contributed by atoms with Gasteiger partial charge in [0.2, 0.25) is 5.91 Å². The van der Waals surface area contributed by atoms with Crippen molar-refractivity contribution in [2.24, 2.45) is 0 Å². The fourth-order valence-corrected chi connectivity index (χ4v) is 3.35. The number of esters is 2. The Labute approximate surface area is 173 Å². The highest BCUT2D eigenvalue weighted by Gasteiger charge is 2.28. The molecule has 0 fully saturated rings. The molecule has 0 unspecified atom stereocenters. The Morgan fingerprint density at radius 2 is 1.73 bits per heavy atom. The smallest absolute Gasteiger partial charge is 0.343 e. The molecule has 1 atom stereocenters. The fourth-order valence-electron chi connectivity index (χ4n) is 3.35. The first-order chi connectivity index (χ1) is 14.5. The third-order valence-corrected chi connectivity index (χ3v) is 4.77. The van der Waals surface area contributed by atoms with Crippen molar-refractivity contribution in [1.82, 2.24) is 0 Å². The van der Waals surface area contributed by atoms with Crippen molar-refractivity contribution in [1.29, 1.82) is 0 Å². The van der Waals surface area contributed by atoms with Gasteiger partial charge in [-0.2, -0.15) is 0 Å². The van der Waals surface area contributed by atoms with Crippen LogP contribution in [0.25, 0.3) is 0 Å². The van der Waals surface area contributed by atoms with E-state index in [0.717, 1.165) is 11.1 Å². The number of carbonyl (C=O) groups is 3. The van der Waals surface area contributed by atoms with E-state index in [1.807, 2.05) is 30.3 Å².